The highest BCUT2D eigenvalue weighted by molar-refractivity contribution is 7.99. The Morgan fingerprint density at radius 2 is 2.16 bits per heavy atom. The largest absolute Gasteiger partial charge is 0.387 e. The van der Waals surface area contributed by atoms with Gasteiger partial charge >= 0.3 is 0 Å². The first-order valence-electron chi connectivity index (χ1n) is 7.70. The lowest BCUT2D eigenvalue weighted by atomic mass is 10.1. The molecule has 2 aromatic heterocycles. The van der Waals surface area contributed by atoms with Crippen molar-refractivity contribution in [3.8, 4) is 6.07 Å². The van der Waals surface area contributed by atoms with Gasteiger partial charge in [-0.25, -0.2) is 15.0 Å². The lowest BCUT2D eigenvalue weighted by Gasteiger charge is -2.16. The van der Waals surface area contributed by atoms with E-state index in [4.69, 9.17) is 21.5 Å². The summed E-state index contributed by atoms with van der Waals surface area (Å²) in [6.07, 6.45) is -0.226. The summed E-state index contributed by atoms with van der Waals surface area (Å²) in [5.74, 6) is 1.37. The first kappa shape index (κ1) is 17.8. The average Bonchev–Trinajstić information content (AvgIpc) is 3.15. The number of nitrogens with two attached hydrogens (primary N) is 2. The zero-order chi connectivity index (χ0) is 18.0. The van der Waals surface area contributed by atoms with Crippen molar-refractivity contribution in [2.45, 2.75) is 37.0 Å². The van der Waals surface area contributed by atoms with Crippen LogP contribution < -0.4 is 11.5 Å². The highest BCUT2D eigenvalue weighted by Crippen LogP contribution is 2.33. The molecule has 11 heteroatoms. The smallest absolute Gasteiger partial charge is 0.167 e. The fourth-order valence-electron chi connectivity index (χ4n) is 2.63. The Morgan fingerprint density at radius 3 is 2.92 bits per heavy atom. The maximum atomic E-state index is 10.3. The molecule has 0 aromatic carbocycles. The van der Waals surface area contributed by atoms with Crippen molar-refractivity contribution < 1.29 is 14.9 Å². The number of anilines is 1. The molecule has 0 spiro atoms. The van der Waals surface area contributed by atoms with E-state index in [2.05, 4.69) is 15.0 Å². The van der Waals surface area contributed by atoms with E-state index in [9.17, 15) is 10.2 Å². The standard InChI is InChI=1S/C14H19N7O3S/c15-3-7(16)1-2-25-4-8-10(22)11(23)14(24-8)21-6-20-9-12(17)18-5-19-13(9)21/h5-8,10-11,14,22-23H,1-2,4,16H2,(H2,17,18,19)/t7?,8-,10-,11-,14-/m1/s1. The van der Waals surface area contributed by atoms with Crippen molar-refractivity contribution in [2.24, 2.45) is 5.73 Å². The van der Waals surface area contributed by atoms with Crippen LogP contribution in [0.1, 0.15) is 12.6 Å². The van der Waals surface area contributed by atoms with Gasteiger partial charge in [-0.1, -0.05) is 0 Å². The molecule has 5 atom stereocenters. The number of aromatic nitrogens is 4. The van der Waals surface area contributed by atoms with Crippen LogP contribution in [0.3, 0.4) is 0 Å². The van der Waals surface area contributed by atoms with Crippen LogP contribution in [0.4, 0.5) is 5.82 Å². The van der Waals surface area contributed by atoms with Crippen molar-refractivity contribution in [1.29, 1.82) is 5.26 Å². The van der Waals surface area contributed by atoms with Gasteiger partial charge in [-0.15, -0.1) is 0 Å². The van der Waals surface area contributed by atoms with Crippen molar-refractivity contribution in [1.82, 2.24) is 19.5 Å². The van der Waals surface area contributed by atoms with Crippen molar-refractivity contribution in [2.75, 3.05) is 17.2 Å². The Hall–Kier alpha value is -1.97. The number of aliphatic hydroxyl groups excluding tert-OH is 2. The van der Waals surface area contributed by atoms with E-state index < -0.39 is 30.6 Å². The monoisotopic (exact) mass is 365 g/mol. The predicted octanol–water partition coefficient (Wildman–Crippen LogP) is -0.998. The van der Waals surface area contributed by atoms with Crippen LogP contribution in [0.5, 0.6) is 0 Å². The fourth-order valence-corrected chi connectivity index (χ4v) is 3.72. The van der Waals surface area contributed by atoms with Gasteiger partial charge in [-0.2, -0.15) is 17.0 Å². The minimum Gasteiger partial charge on any atom is -0.387 e. The van der Waals surface area contributed by atoms with Gasteiger partial charge in [0.2, 0.25) is 0 Å². The Labute approximate surface area is 147 Å². The lowest BCUT2D eigenvalue weighted by molar-refractivity contribution is -0.0289. The Balaban J connectivity index is 1.67. The normalized spacial score (nSPS) is 27.4. The summed E-state index contributed by atoms with van der Waals surface area (Å²) in [4.78, 5) is 12.1. The molecular formula is C14H19N7O3S. The predicted molar refractivity (Wildman–Crippen MR) is 91.2 cm³/mol. The van der Waals surface area contributed by atoms with Gasteiger partial charge in [0.05, 0.1) is 24.5 Å². The van der Waals surface area contributed by atoms with E-state index in [1.54, 1.807) is 0 Å². The van der Waals surface area contributed by atoms with Crippen molar-refractivity contribution >= 4 is 28.7 Å². The third kappa shape index (κ3) is 3.53. The first-order chi connectivity index (χ1) is 12.0. The average molecular weight is 365 g/mol. The second kappa shape index (κ2) is 7.51. The maximum absolute atomic E-state index is 10.3. The summed E-state index contributed by atoms with van der Waals surface area (Å²) in [6, 6.07) is 1.47. The van der Waals surface area contributed by atoms with E-state index >= 15 is 0 Å². The summed E-state index contributed by atoms with van der Waals surface area (Å²) in [7, 11) is 0. The van der Waals surface area contributed by atoms with Crippen LogP contribution >= 0.6 is 11.8 Å². The number of nitrogen functional groups attached to an aromatic ring is 1. The minimum atomic E-state index is -1.12. The molecule has 0 amide bonds. The number of hydrogen-bond donors (Lipinski definition) is 4. The number of aliphatic hydroxyl groups is 2. The van der Waals surface area contributed by atoms with E-state index in [1.807, 2.05) is 6.07 Å². The van der Waals surface area contributed by atoms with Gasteiger partial charge in [-0.3, -0.25) is 4.57 Å². The summed E-state index contributed by atoms with van der Waals surface area (Å²) < 4.78 is 7.36. The van der Waals surface area contributed by atoms with Gasteiger partial charge in [-0.05, 0) is 12.2 Å². The topological polar surface area (TPSA) is 169 Å². The number of hydrogen-bond acceptors (Lipinski definition) is 10. The van der Waals surface area contributed by atoms with Gasteiger partial charge in [0, 0.05) is 5.75 Å². The van der Waals surface area contributed by atoms with E-state index in [1.165, 1.54) is 29.0 Å². The van der Waals surface area contributed by atoms with Crippen LogP contribution in [0.25, 0.3) is 11.2 Å². The highest BCUT2D eigenvalue weighted by Gasteiger charge is 2.44. The van der Waals surface area contributed by atoms with Crippen LogP contribution in [0, 0.1) is 11.3 Å². The number of imidazole rings is 1. The molecule has 6 N–H and O–H groups in total. The minimum absolute atomic E-state index is 0.234. The van der Waals surface area contributed by atoms with E-state index in [-0.39, 0.29) is 5.82 Å². The first-order valence-corrected chi connectivity index (χ1v) is 8.86. The van der Waals surface area contributed by atoms with E-state index in [0.29, 0.717) is 29.1 Å². The fraction of sp³-hybridized carbons (Fsp3) is 0.571. The van der Waals surface area contributed by atoms with Gasteiger partial charge in [0.25, 0.3) is 0 Å². The number of fused-ring (bicyclic) bond motifs is 1. The molecule has 0 radical (unpaired) electrons. The maximum Gasteiger partial charge on any atom is 0.167 e. The van der Waals surface area contributed by atoms with Crippen LogP contribution in [-0.4, -0.2) is 65.6 Å². The molecule has 1 aliphatic heterocycles. The molecule has 1 saturated heterocycles. The zero-order valence-electron chi connectivity index (χ0n) is 13.3. The molecule has 2 aromatic rings. The number of ether oxygens (including phenoxy) is 1. The molecule has 25 heavy (non-hydrogen) atoms. The highest BCUT2D eigenvalue weighted by atomic mass is 32.2. The quantitative estimate of drug-likeness (QED) is 0.466. The summed E-state index contributed by atoms with van der Waals surface area (Å²) in [5.41, 5.74) is 12.1. The Morgan fingerprint density at radius 1 is 1.36 bits per heavy atom. The zero-order valence-corrected chi connectivity index (χ0v) is 14.1. The molecule has 3 rings (SSSR count). The SMILES string of the molecule is N#CC(N)CCSC[C@H]1O[C@@H](n2cnc3c(N)ncnc32)[C@H](O)[C@@H]1O. The number of thioether (sulfide) groups is 1. The number of rotatable bonds is 6. The molecule has 0 aliphatic carbocycles. The molecule has 0 bridgehead atoms. The molecule has 1 fully saturated rings. The lowest BCUT2D eigenvalue weighted by Crippen LogP contribution is -2.32. The molecule has 1 aliphatic rings. The van der Waals surface area contributed by atoms with Crippen molar-refractivity contribution in [3.63, 3.8) is 0 Å². The van der Waals surface area contributed by atoms with Gasteiger partial charge in [0.1, 0.15) is 24.1 Å². The van der Waals surface area contributed by atoms with Crippen LogP contribution in [0.2, 0.25) is 0 Å². The second-order valence-electron chi connectivity index (χ2n) is 5.73. The molecule has 134 valence electrons. The molecule has 3 heterocycles. The molecule has 1 unspecified atom stereocenters. The summed E-state index contributed by atoms with van der Waals surface area (Å²) in [5, 5.41) is 29.3. The van der Waals surface area contributed by atoms with Gasteiger partial charge < -0.3 is 26.4 Å². The Kier molecular flexibility index (Phi) is 5.36. The van der Waals surface area contributed by atoms with E-state index in [0.717, 1.165) is 0 Å². The third-order valence-electron chi connectivity index (χ3n) is 4.02. The molecule has 10 nitrogen and oxygen atoms in total. The van der Waals surface area contributed by atoms with Crippen LogP contribution in [0.15, 0.2) is 12.7 Å². The van der Waals surface area contributed by atoms with Crippen molar-refractivity contribution in [3.05, 3.63) is 12.7 Å². The van der Waals surface area contributed by atoms with Crippen LogP contribution in [-0.2, 0) is 4.74 Å². The second-order valence-corrected chi connectivity index (χ2v) is 6.88. The number of nitriles is 1. The number of nitrogens with zero attached hydrogens (tertiary/aromatic N) is 5. The third-order valence-corrected chi connectivity index (χ3v) is 5.11. The summed E-state index contributed by atoms with van der Waals surface area (Å²) >= 11 is 1.51. The molecular weight excluding hydrogens is 346 g/mol. The Bertz CT molecular complexity index is 779. The molecule has 0 saturated carbocycles. The van der Waals surface area contributed by atoms with Gasteiger partial charge in [0.15, 0.2) is 17.7 Å². The summed E-state index contributed by atoms with van der Waals surface area (Å²) in [6.45, 7) is 0.